The Morgan fingerprint density at radius 1 is 1.00 bits per heavy atom. The molecular formula is C17H15NO2S2. The Morgan fingerprint density at radius 2 is 1.73 bits per heavy atom. The minimum atomic E-state index is -3.16. The maximum atomic E-state index is 11.5. The molecule has 0 amide bonds. The Morgan fingerprint density at radius 3 is 2.36 bits per heavy atom. The summed E-state index contributed by atoms with van der Waals surface area (Å²) in [4.78, 5) is 4.98. The topological polar surface area (TPSA) is 47.0 Å². The second-order valence-electron chi connectivity index (χ2n) is 5.20. The summed E-state index contributed by atoms with van der Waals surface area (Å²) in [6, 6.07) is 15.1. The lowest BCUT2D eigenvalue weighted by Gasteiger charge is -2.00. The first kappa shape index (κ1) is 14.9. The highest BCUT2D eigenvalue weighted by atomic mass is 32.2. The Kier molecular flexibility index (Phi) is 3.85. The van der Waals surface area contributed by atoms with E-state index in [9.17, 15) is 8.42 Å². The van der Waals surface area contributed by atoms with Gasteiger partial charge < -0.3 is 0 Å². The largest absolute Gasteiger partial charge is 0.236 e. The molecule has 0 fully saturated rings. The number of aromatic nitrogens is 1. The van der Waals surface area contributed by atoms with Crippen molar-refractivity contribution in [2.75, 3.05) is 6.26 Å². The van der Waals surface area contributed by atoms with Crippen molar-refractivity contribution >= 4 is 21.2 Å². The summed E-state index contributed by atoms with van der Waals surface area (Å²) < 4.78 is 23.0. The monoisotopic (exact) mass is 329 g/mol. The number of hydrogen-bond donors (Lipinski definition) is 0. The zero-order valence-electron chi connectivity index (χ0n) is 12.3. The van der Waals surface area contributed by atoms with E-state index >= 15 is 0 Å². The van der Waals surface area contributed by atoms with E-state index in [2.05, 4.69) is 24.0 Å². The van der Waals surface area contributed by atoms with Crippen molar-refractivity contribution in [3.8, 4) is 21.8 Å². The summed E-state index contributed by atoms with van der Waals surface area (Å²) in [7, 11) is -3.16. The van der Waals surface area contributed by atoms with E-state index in [0.717, 1.165) is 21.8 Å². The zero-order valence-corrected chi connectivity index (χ0v) is 13.9. The predicted octanol–water partition coefficient (Wildman–Crippen LogP) is 4.19. The average molecular weight is 329 g/mol. The fourth-order valence-corrected chi connectivity index (χ4v) is 3.65. The molecule has 0 spiro atoms. The van der Waals surface area contributed by atoms with Crippen LogP contribution < -0.4 is 0 Å². The lowest BCUT2D eigenvalue weighted by molar-refractivity contribution is 0.602. The summed E-state index contributed by atoms with van der Waals surface area (Å²) in [6.45, 7) is 2.06. The summed E-state index contributed by atoms with van der Waals surface area (Å²) >= 11 is 1.56. The number of sulfone groups is 1. The van der Waals surface area contributed by atoms with Gasteiger partial charge in [-0.25, -0.2) is 13.4 Å². The Hall–Kier alpha value is -1.98. The third-order valence-electron chi connectivity index (χ3n) is 3.35. The average Bonchev–Trinajstić information content (AvgIpc) is 2.96. The van der Waals surface area contributed by atoms with Gasteiger partial charge in [-0.05, 0) is 25.1 Å². The van der Waals surface area contributed by atoms with E-state index in [1.165, 1.54) is 11.8 Å². The number of aryl methyl sites for hydroxylation is 1. The van der Waals surface area contributed by atoms with Crippen molar-refractivity contribution in [1.82, 2.24) is 4.98 Å². The molecule has 0 atom stereocenters. The molecule has 5 heteroatoms. The number of hydrogen-bond acceptors (Lipinski definition) is 4. The maximum absolute atomic E-state index is 11.5. The van der Waals surface area contributed by atoms with Gasteiger partial charge in [-0.1, -0.05) is 35.9 Å². The second-order valence-corrected chi connectivity index (χ2v) is 8.08. The molecule has 0 aliphatic heterocycles. The van der Waals surface area contributed by atoms with Gasteiger partial charge in [0, 0.05) is 22.8 Å². The van der Waals surface area contributed by atoms with E-state index in [1.807, 2.05) is 17.5 Å². The Labute approximate surface area is 134 Å². The zero-order chi connectivity index (χ0) is 15.7. The first-order valence-corrected chi connectivity index (χ1v) is 9.54. The highest BCUT2D eigenvalue weighted by Crippen LogP contribution is 2.29. The fraction of sp³-hybridized carbons (Fsp3) is 0.118. The summed E-state index contributed by atoms with van der Waals surface area (Å²) in [5.74, 6) is 0. The minimum Gasteiger partial charge on any atom is -0.236 e. The molecule has 3 aromatic rings. The van der Waals surface area contributed by atoms with E-state index in [-0.39, 0.29) is 0 Å². The predicted molar refractivity (Wildman–Crippen MR) is 90.8 cm³/mol. The first-order chi connectivity index (χ1) is 10.4. The summed E-state index contributed by atoms with van der Waals surface area (Å²) in [5, 5.41) is 2.91. The minimum absolute atomic E-state index is 0.326. The molecule has 0 saturated heterocycles. The highest BCUT2D eigenvalue weighted by molar-refractivity contribution is 7.90. The van der Waals surface area contributed by atoms with Gasteiger partial charge in [-0.3, -0.25) is 0 Å². The third kappa shape index (κ3) is 3.10. The molecule has 0 unspecified atom stereocenters. The summed E-state index contributed by atoms with van der Waals surface area (Å²) in [6.07, 6.45) is 1.21. The van der Waals surface area contributed by atoms with Crippen LogP contribution in [0.1, 0.15) is 5.56 Å². The van der Waals surface area contributed by atoms with Crippen LogP contribution in [0.25, 0.3) is 21.8 Å². The van der Waals surface area contributed by atoms with Crippen LogP contribution in [0, 0.1) is 6.92 Å². The van der Waals surface area contributed by atoms with Gasteiger partial charge in [-0.2, -0.15) is 0 Å². The van der Waals surface area contributed by atoms with Gasteiger partial charge in [0.1, 0.15) is 5.01 Å². The molecule has 2 aromatic carbocycles. The van der Waals surface area contributed by atoms with Gasteiger partial charge >= 0.3 is 0 Å². The van der Waals surface area contributed by atoms with E-state index < -0.39 is 9.84 Å². The number of nitrogens with zero attached hydrogens (tertiary/aromatic N) is 1. The van der Waals surface area contributed by atoms with Crippen molar-refractivity contribution in [1.29, 1.82) is 0 Å². The molecule has 3 rings (SSSR count). The molecule has 0 radical (unpaired) electrons. The molecule has 22 heavy (non-hydrogen) atoms. The third-order valence-corrected chi connectivity index (χ3v) is 5.37. The van der Waals surface area contributed by atoms with Crippen LogP contribution in [0.4, 0.5) is 0 Å². The Balaban J connectivity index is 1.94. The quantitative estimate of drug-likeness (QED) is 0.724. The SMILES string of the molecule is Cc1cccc(-c2csc(-c3ccc(S(C)(=O)=O)cc3)n2)c1. The van der Waals surface area contributed by atoms with Gasteiger partial charge in [0.05, 0.1) is 10.6 Å². The fourth-order valence-electron chi connectivity index (χ4n) is 2.19. The molecule has 3 nitrogen and oxygen atoms in total. The highest BCUT2D eigenvalue weighted by Gasteiger charge is 2.10. The van der Waals surface area contributed by atoms with Gasteiger partial charge in [0.2, 0.25) is 0 Å². The molecule has 0 saturated carbocycles. The van der Waals surface area contributed by atoms with E-state index in [4.69, 9.17) is 0 Å². The van der Waals surface area contributed by atoms with Gasteiger partial charge in [-0.15, -0.1) is 11.3 Å². The number of benzene rings is 2. The maximum Gasteiger partial charge on any atom is 0.175 e. The second kappa shape index (κ2) is 5.66. The van der Waals surface area contributed by atoms with Crippen LogP contribution in [0.2, 0.25) is 0 Å². The van der Waals surface area contributed by atoms with Crippen LogP contribution in [-0.4, -0.2) is 19.7 Å². The normalized spacial score (nSPS) is 11.5. The van der Waals surface area contributed by atoms with E-state index in [1.54, 1.807) is 35.6 Å². The smallest absolute Gasteiger partial charge is 0.175 e. The van der Waals surface area contributed by atoms with Crippen molar-refractivity contribution in [2.24, 2.45) is 0 Å². The lowest BCUT2D eigenvalue weighted by Crippen LogP contribution is -1.96. The van der Waals surface area contributed by atoms with Crippen LogP contribution in [0.15, 0.2) is 58.8 Å². The van der Waals surface area contributed by atoms with Gasteiger partial charge in [0.15, 0.2) is 9.84 Å². The van der Waals surface area contributed by atoms with Crippen molar-refractivity contribution in [3.05, 3.63) is 59.5 Å². The van der Waals surface area contributed by atoms with Gasteiger partial charge in [0.25, 0.3) is 0 Å². The van der Waals surface area contributed by atoms with Crippen LogP contribution >= 0.6 is 11.3 Å². The van der Waals surface area contributed by atoms with Crippen molar-refractivity contribution < 1.29 is 8.42 Å². The molecule has 1 heterocycles. The van der Waals surface area contributed by atoms with Crippen LogP contribution in [0.3, 0.4) is 0 Å². The van der Waals surface area contributed by atoms with Crippen LogP contribution in [-0.2, 0) is 9.84 Å². The van der Waals surface area contributed by atoms with E-state index in [0.29, 0.717) is 4.90 Å². The van der Waals surface area contributed by atoms with Crippen LogP contribution in [0.5, 0.6) is 0 Å². The Bertz CT molecular complexity index is 910. The summed E-state index contributed by atoms with van der Waals surface area (Å²) in [5.41, 5.74) is 4.16. The first-order valence-electron chi connectivity index (χ1n) is 6.76. The number of rotatable bonds is 3. The van der Waals surface area contributed by atoms with Crippen molar-refractivity contribution in [3.63, 3.8) is 0 Å². The standard InChI is InChI=1S/C17H15NO2S2/c1-12-4-3-5-14(10-12)16-11-21-17(18-16)13-6-8-15(9-7-13)22(2,19)20/h3-11H,1-2H3. The molecular weight excluding hydrogens is 314 g/mol. The lowest BCUT2D eigenvalue weighted by atomic mass is 10.1. The molecule has 0 bridgehead atoms. The molecule has 112 valence electrons. The molecule has 1 aromatic heterocycles. The molecule has 0 N–H and O–H groups in total. The number of thiazole rings is 1. The van der Waals surface area contributed by atoms with Crippen molar-refractivity contribution in [2.45, 2.75) is 11.8 Å². The molecule has 0 aliphatic rings. The molecule has 0 aliphatic carbocycles.